The van der Waals surface area contributed by atoms with Gasteiger partial charge in [-0.25, -0.2) is 9.59 Å². The van der Waals surface area contributed by atoms with E-state index in [1.165, 1.54) is 31.1 Å². The third-order valence-corrected chi connectivity index (χ3v) is 4.66. The van der Waals surface area contributed by atoms with E-state index in [1.807, 2.05) is 0 Å². The molecular weight excluding hydrogens is 430 g/mol. The monoisotopic (exact) mass is 462 g/mol. The first-order valence-electron chi connectivity index (χ1n) is 10.5. The molecule has 2 heterocycles. The van der Waals surface area contributed by atoms with Gasteiger partial charge in [0.15, 0.2) is 18.3 Å². The molecule has 2 unspecified atom stereocenters. The van der Waals surface area contributed by atoms with Crippen molar-refractivity contribution >= 4 is 11.9 Å². The van der Waals surface area contributed by atoms with E-state index < -0.39 is 57.8 Å². The number of rotatable bonds is 5. The van der Waals surface area contributed by atoms with Gasteiger partial charge in [0.2, 0.25) is 5.88 Å². The van der Waals surface area contributed by atoms with Gasteiger partial charge in [0.05, 0.1) is 5.56 Å². The van der Waals surface area contributed by atoms with Crippen molar-refractivity contribution in [1.29, 1.82) is 0 Å². The topological polar surface area (TPSA) is 121 Å². The number of aromatic nitrogens is 3. The maximum atomic E-state index is 13.5. The average Bonchev–Trinajstić information content (AvgIpc) is 2.68. The zero-order valence-corrected chi connectivity index (χ0v) is 20.3. The van der Waals surface area contributed by atoms with Gasteiger partial charge < -0.3 is 14.6 Å². The maximum absolute atomic E-state index is 13.5. The highest BCUT2D eigenvalue weighted by Gasteiger charge is 2.49. The summed E-state index contributed by atoms with van der Waals surface area (Å²) in [4.78, 5) is 52.3. The Hall–Kier alpha value is -3.43. The molecule has 0 spiro atoms. The largest absolute Gasteiger partial charge is 0.494 e. The Balaban J connectivity index is 2.91. The molecule has 33 heavy (non-hydrogen) atoms. The zero-order valence-electron chi connectivity index (χ0n) is 20.3. The highest BCUT2D eigenvalue weighted by atomic mass is 16.6. The van der Waals surface area contributed by atoms with E-state index >= 15 is 0 Å². The molecule has 0 saturated carbocycles. The van der Waals surface area contributed by atoms with Gasteiger partial charge in [-0.15, -0.1) is 0 Å². The van der Waals surface area contributed by atoms with Crippen LogP contribution in [0.25, 0.3) is 0 Å². The van der Waals surface area contributed by atoms with Crippen LogP contribution < -0.4 is 15.8 Å². The van der Waals surface area contributed by atoms with Gasteiger partial charge in [-0.2, -0.15) is 4.57 Å². The predicted molar refractivity (Wildman–Crippen MR) is 119 cm³/mol. The Morgan fingerprint density at radius 1 is 0.879 bits per heavy atom. The average molecular weight is 463 g/mol. The zero-order chi connectivity index (χ0) is 25.3. The maximum Gasteiger partial charge on any atom is 0.377 e. The molecule has 0 radical (unpaired) electrons. The standard InChI is InChI=1S/C23H31N3O7/c1-22(2,3)32-19(29)14(15-17(27)24(7)21(31)25(8)18(15)28)16(20(30)33-23(4,5)6)26-12-10-9-11-13-26/h9-14,16H,1-8H3/p+1. The quantitative estimate of drug-likeness (QED) is 0.521. The molecule has 2 rings (SSSR count). The Morgan fingerprint density at radius 3 is 1.85 bits per heavy atom. The lowest BCUT2D eigenvalue weighted by Gasteiger charge is -2.28. The fourth-order valence-corrected chi connectivity index (χ4v) is 3.29. The summed E-state index contributed by atoms with van der Waals surface area (Å²) in [5, 5.41) is 10.8. The molecule has 2 aromatic heterocycles. The van der Waals surface area contributed by atoms with Crippen molar-refractivity contribution in [3.05, 3.63) is 57.0 Å². The number of nitrogens with zero attached hydrogens (tertiary/aromatic N) is 3. The van der Waals surface area contributed by atoms with Gasteiger partial charge in [-0.05, 0) is 41.5 Å². The minimum Gasteiger partial charge on any atom is -0.494 e. The Morgan fingerprint density at radius 2 is 1.36 bits per heavy atom. The van der Waals surface area contributed by atoms with Gasteiger partial charge in [0, 0.05) is 26.2 Å². The number of hydrogen-bond acceptors (Lipinski definition) is 7. The summed E-state index contributed by atoms with van der Waals surface area (Å²) < 4.78 is 14.1. The van der Waals surface area contributed by atoms with Crippen LogP contribution in [0, 0.1) is 0 Å². The molecule has 0 aliphatic rings. The van der Waals surface area contributed by atoms with Crippen molar-refractivity contribution in [2.75, 3.05) is 0 Å². The van der Waals surface area contributed by atoms with Gasteiger partial charge in [-0.3, -0.25) is 18.7 Å². The molecule has 2 atom stereocenters. The van der Waals surface area contributed by atoms with Gasteiger partial charge in [-0.1, -0.05) is 6.07 Å². The number of carbonyl (C=O) groups excluding carboxylic acids is 2. The fourth-order valence-electron chi connectivity index (χ4n) is 3.29. The Labute approximate surface area is 192 Å². The molecule has 0 bridgehead atoms. The molecule has 0 aliphatic carbocycles. The molecular formula is C23H32N3O7+. The van der Waals surface area contributed by atoms with Crippen LogP contribution in [0.1, 0.15) is 59.1 Å². The van der Waals surface area contributed by atoms with E-state index in [9.17, 15) is 24.3 Å². The second-order valence-electron chi connectivity index (χ2n) is 9.76. The lowest BCUT2D eigenvalue weighted by atomic mass is 9.91. The van der Waals surface area contributed by atoms with Crippen LogP contribution in [0.15, 0.2) is 40.2 Å². The Bertz CT molecular complexity index is 1150. The summed E-state index contributed by atoms with van der Waals surface area (Å²) in [6, 6.07) is 3.59. The smallest absolute Gasteiger partial charge is 0.377 e. The first-order valence-corrected chi connectivity index (χ1v) is 10.5. The van der Waals surface area contributed by atoms with Crippen LogP contribution in [0.5, 0.6) is 5.88 Å². The van der Waals surface area contributed by atoms with Crippen molar-refractivity contribution in [3.63, 3.8) is 0 Å². The minimum absolute atomic E-state index is 0.443. The summed E-state index contributed by atoms with van der Waals surface area (Å²) in [5.74, 6) is -4.09. The molecule has 1 N–H and O–H groups in total. The van der Waals surface area contributed by atoms with Crippen molar-refractivity contribution in [2.24, 2.45) is 14.1 Å². The van der Waals surface area contributed by atoms with E-state index in [0.717, 1.165) is 9.13 Å². The van der Waals surface area contributed by atoms with Crippen LogP contribution in [-0.2, 0) is 33.2 Å². The van der Waals surface area contributed by atoms with E-state index in [0.29, 0.717) is 0 Å². The lowest BCUT2D eigenvalue weighted by Crippen LogP contribution is -2.53. The van der Waals surface area contributed by atoms with Crippen LogP contribution in [0.4, 0.5) is 0 Å². The van der Waals surface area contributed by atoms with Gasteiger partial charge >= 0.3 is 17.6 Å². The third-order valence-electron chi connectivity index (χ3n) is 4.66. The molecule has 180 valence electrons. The summed E-state index contributed by atoms with van der Waals surface area (Å²) in [6.07, 6.45) is 3.07. The van der Waals surface area contributed by atoms with Crippen LogP contribution in [0.3, 0.4) is 0 Å². The van der Waals surface area contributed by atoms with E-state index in [-0.39, 0.29) is 0 Å². The predicted octanol–water partition coefficient (Wildman–Crippen LogP) is 1.09. The number of pyridine rings is 1. The van der Waals surface area contributed by atoms with E-state index in [2.05, 4.69) is 0 Å². The van der Waals surface area contributed by atoms with E-state index in [1.54, 1.807) is 59.7 Å². The van der Waals surface area contributed by atoms with Crippen molar-refractivity contribution in [1.82, 2.24) is 9.13 Å². The first kappa shape index (κ1) is 25.8. The number of esters is 2. The second kappa shape index (κ2) is 9.21. The summed E-state index contributed by atoms with van der Waals surface area (Å²) >= 11 is 0. The van der Waals surface area contributed by atoms with Crippen LogP contribution in [-0.4, -0.2) is 37.4 Å². The summed E-state index contributed by atoms with van der Waals surface area (Å²) in [7, 11) is 2.48. The number of aromatic hydroxyl groups is 1. The molecule has 0 aliphatic heterocycles. The van der Waals surface area contributed by atoms with Crippen molar-refractivity contribution in [2.45, 2.75) is 64.7 Å². The lowest BCUT2D eigenvalue weighted by molar-refractivity contribution is -0.712. The minimum atomic E-state index is -1.61. The molecule has 10 nitrogen and oxygen atoms in total. The molecule has 0 fully saturated rings. The normalized spacial score (nSPS) is 13.8. The number of carbonyl (C=O) groups is 2. The third kappa shape index (κ3) is 5.88. The molecule has 10 heteroatoms. The molecule has 0 amide bonds. The fraction of sp³-hybridized carbons (Fsp3) is 0.522. The molecule has 0 saturated heterocycles. The van der Waals surface area contributed by atoms with E-state index in [4.69, 9.17) is 9.47 Å². The first-order chi connectivity index (χ1) is 15.0. The van der Waals surface area contributed by atoms with Crippen LogP contribution >= 0.6 is 0 Å². The summed E-state index contributed by atoms with van der Waals surface area (Å²) in [5.41, 5.74) is -4.01. The van der Waals surface area contributed by atoms with Gasteiger partial charge in [0.25, 0.3) is 11.6 Å². The van der Waals surface area contributed by atoms with Crippen molar-refractivity contribution in [3.8, 4) is 5.88 Å². The second-order valence-corrected chi connectivity index (χ2v) is 9.76. The molecule has 2 aromatic rings. The number of ether oxygens (including phenoxy) is 2. The van der Waals surface area contributed by atoms with Crippen LogP contribution in [0.2, 0.25) is 0 Å². The Kier molecular flexibility index (Phi) is 7.20. The van der Waals surface area contributed by atoms with Crippen molar-refractivity contribution < 1.29 is 28.7 Å². The highest BCUT2D eigenvalue weighted by molar-refractivity contribution is 5.87. The summed E-state index contributed by atoms with van der Waals surface area (Å²) in [6.45, 7) is 9.92. The number of hydrogen-bond donors (Lipinski definition) is 1. The SMILES string of the molecule is Cn1c(O)c(C(C(=O)OC(C)(C)C)C(C(=O)OC(C)(C)C)[n+]2ccccc2)c(=O)n(C)c1=O. The van der Waals surface area contributed by atoms with Gasteiger partial charge in [0.1, 0.15) is 11.2 Å². The highest BCUT2D eigenvalue weighted by Crippen LogP contribution is 2.33. The molecule has 0 aromatic carbocycles.